The largest absolute Gasteiger partial charge is 0.481 e. The summed E-state index contributed by atoms with van der Waals surface area (Å²) in [6, 6.07) is 8.62. The molecule has 0 bridgehead atoms. The predicted octanol–water partition coefficient (Wildman–Crippen LogP) is 2.52. The summed E-state index contributed by atoms with van der Waals surface area (Å²) >= 11 is 0. The highest BCUT2D eigenvalue weighted by molar-refractivity contribution is 5.83. The number of ether oxygens (including phenoxy) is 1. The predicted molar refractivity (Wildman–Crippen MR) is 133 cm³/mol. The molecule has 2 amide bonds. The molecule has 35 heavy (non-hydrogen) atoms. The maximum Gasteiger partial charge on any atom is 0.410 e. The molecule has 0 aliphatic carbocycles. The number of hydrogen-bond acceptors (Lipinski definition) is 6. The molecule has 9 nitrogen and oxygen atoms in total. The van der Waals surface area contributed by atoms with Crippen LogP contribution in [0.1, 0.15) is 53.5 Å². The van der Waals surface area contributed by atoms with Crippen LogP contribution in [-0.4, -0.2) is 87.4 Å². The number of carbonyl (C=O) groups is 3. The van der Waals surface area contributed by atoms with Gasteiger partial charge >= 0.3 is 12.1 Å². The first kappa shape index (κ1) is 28.6. The molecule has 3 atom stereocenters. The number of benzene rings is 1. The summed E-state index contributed by atoms with van der Waals surface area (Å²) in [7, 11) is 0. The van der Waals surface area contributed by atoms with Gasteiger partial charge in [0.2, 0.25) is 5.91 Å². The lowest BCUT2D eigenvalue weighted by atomic mass is 9.93. The Hall–Kier alpha value is -2.65. The van der Waals surface area contributed by atoms with Crippen molar-refractivity contribution in [1.82, 2.24) is 15.1 Å². The van der Waals surface area contributed by atoms with Gasteiger partial charge < -0.3 is 25.2 Å². The molecule has 2 rings (SSSR count). The SMILES string of the molecule is CC(C)(C)NC(=O)[C@@H]1CN(C(=O)OC(C)(C)C)CCN1C[C@@H](O)C[C@@H](Cc1ccccc1)C(=O)O. The number of carboxylic acid groups (broad SMARTS) is 1. The van der Waals surface area contributed by atoms with Crippen LogP contribution in [0.4, 0.5) is 4.79 Å². The fraction of sp³-hybridized carbons (Fsp3) is 0.654. The van der Waals surface area contributed by atoms with Gasteiger partial charge in [0.15, 0.2) is 0 Å². The Morgan fingerprint density at radius 1 is 1.09 bits per heavy atom. The number of piperazine rings is 1. The van der Waals surface area contributed by atoms with Crippen molar-refractivity contribution in [2.45, 2.75) is 77.7 Å². The van der Waals surface area contributed by atoms with Crippen molar-refractivity contribution >= 4 is 18.0 Å². The number of amides is 2. The lowest BCUT2D eigenvalue weighted by molar-refractivity contribution is -0.143. The van der Waals surface area contributed by atoms with Gasteiger partial charge in [-0.3, -0.25) is 14.5 Å². The van der Waals surface area contributed by atoms with Crippen LogP contribution in [-0.2, 0) is 20.7 Å². The number of rotatable bonds is 8. The summed E-state index contributed by atoms with van der Waals surface area (Å²) < 4.78 is 5.48. The molecule has 1 saturated heterocycles. The van der Waals surface area contributed by atoms with Gasteiger partial charge in [-0.2, -0.15) is 0 Å². The van der Waals surface area contributed by atoms with Crippen LogP contribution in [0.3, 0.4) is 0 Å². The van der Waals surface area contributed by atoms with Crippen LogP contribution in [0.15, 0.2) is 30.3 Å². The molecule has 1 aromatic rings. The van der Waals surface area contributed by atoms with Gasteiger partial charge in [-0.1, -0.05) is 30.3 Å². The first-order valence-corrected chi connectivity index (χ1v) is 12.1. The summed E-state index contributed by atoms with van der Waals surface area (Å²) in [5.74, 6) is -1.97. The third-order valence-electron chi connectivity index (χ3n) is 5.62. The van der Waals surface area contributed by atoms with Gasteiger partial charge in [0.1, 0.15) is 11.6 Å². The molecule has 1 heterocycles. The standard InChI is InChI=1S/C26H41N3O6/c1-25(2,3)27-22(31)21-17-29(24(34)35-26(4,5)6)13-12-28(21)16-20(30)15-19(23(32)33)14-18-10-8-7-9-11-18/h7-11,19-21,30H,12-17H2,1-6H3,(H,27,31)(H,32,33)/t19-,20+,21+/m1/s1. The van der Waals surface area contributed by atoms with Crippen LogP contribution in [0, 0.1) is 5.92 Å². The molecule has 1 aromatic carbocycles. The topological polar surface area (TPSA) is 119 Å². The van der Waals surface area contributed by atoms with Crippen LogP contribution in [0.5, 0.6) is 0 Å². The highest BCUT2D eigenvalue weighted by Gasteiger charge is 2.38. The number of carbonyl (C=O) groups excluding carboxylic acids is 2. The fourth-order valence-corrected chi connectivity index (χ4v) is 4.08. The second-order valence-corrected chi connectivity index (χ2v) is 11.3. The van der Waals surface area contributed by atoms with E-state index in [-0.39, 0.29) is 25.4 Å². The van der Waals surface area contributed by atoms with Crippen molar-refractivity contribution in [3.63, 3.8) is 0 Å². The highest BCUT2D eigenvalue weighted by Crippen LogP contribution is 2.20. The third kappa shape index (κ3) is 9.85. The molecule has 0 unspecified atom stereocenters. The number of aliphatic hydroxyl groups is 1. The molecule has 0 aromatic heterocycles. The molecule has 196 valence electrons. The van der Waals surface area contributed by atoms with Crippen molar-refractivity contribution in [2.75, 3.05) is 26.2 Å². The molecule has 1 aliphatic heterocycles. The number of aliphatic carboxylic acids is 1. The number of nitrogens with zero attached hydrogens (tertiary/aromatic N) is 2. The first-order chi connectivity index (χ1) is 16.1. The average Bonchev–Trinajstić information content (AvgIpc) is 2.71. The van der Waals surface area contributed by atoms with Gasteiger partial charge in [0.25, 0.3) is 0 Å². The molecule has 0 radical (unpaired) electrons. The Morgan fingerprint density at radius 3 is 2.26 bits per heavy atom. The molecule has 0 saturated carbocycles. The van der Waals surface area contributed by atoms with E-state index in [1.54, 1.807) is 20.8 Å². The normalized spacial score (nSPS) is 19.1. The molecule has 1 aliphatic rings. The van der Waals surface area contributed by atoms with E-state index in [1.807, 2.05) is 56.0 Å². The van der Waals surface area contributed by atoms with E-state index in [4.69, 9.17) is 4.74 Å². The van der Waals surface area contributed by atoms with Gasteiger partial charge in [0, 0.05) is 31.7 Å². The van der Waals surface area contributed by atoms with Crippen molar-refractivity contribution < 1.29 is 29.3 Å². The van der Waals surface area contributed by atoms with Crippen LogP contribution >= 0.6 is 0 Å². The maximum atomic E-state index is 13.1. The smallest absolute Gasteiger partial charge is 0.410 e. The number of nitrogens with one attached hydrogen (secondary N) is 1. The number of carboxylic acids is 1. The fourth-order valence-electron chi connectivity index (χ4n) is 4.08. The summed E-state index contributed by atoms with van der Waals surface area (Å²) in [4.78, 5) is 40.9. The Balaban J connectivity index is 2.10. The quantitative estimate of drug-likeness (QED) is 0.511. The highest BCUT2D eigenvalue weighted by atomic mass is 16.6. The minimum Gasteiger partial charge on any atom is -0.481 e. The van der Waals surface area contributed by atoms with Crippen molar-refractivity contribution in [1.29, 1.82) is 0 Å². The van der Waals surface area contributed by atoms with Gasteiger partial charge in [0.05, 0.1) is 12.0 Å². The van der Waals surface area contributed by atoms with Crippen LogP contribution < -0.4 is 5.32 Å². The zero-order chi connectivity index (χ0) is 26.4. The van der Waals surface area contributed by atoms with Crippen LogP contribution in [0.25, 0.3) is 0 Å². The van der Waals surface area contributed by atoms with Gasteiger partial charge in [-0.25, -0.2) is 4.79 Å². The minimum absolute atomic E-state index is 0.0596. The molecule has 9 heteroatoms. The maximum absolute atomic E-state index is 13.1. The average molecular weight is 492 g/mol. The number of aliphatic hydroxyl groups excluding tert-OH is 1. The second-order valence-electron chi connectivity index (χ2n) is 11.3. The lowest BCUT2D eigenvalue weighted by Crippen LogP contribution is -2.63. The second kappa shape index (κ2) is 11.9. The van der Waals surface area contributed by atoms with Crippen molar-refractivity contribution in [3.05, 3.63) is 35.9 Å². The van der Waals surface area contributed by atoms with E-state index in [9.17, 15) is 24.6 Å². The molecule has 1 fully saturated rings. The lowest BCUT2D eigenvalue weighted by Gasteiger charge is -2.42. The molecule has 0 spiro atoms. The third-order valence-corrected chi connectivity index (χ3v) is 5.62. The Bertz CT molecular complexity index is 862. The minimum atomic E-state index is -0.968. The van der Waals surface area contributed by atoms with E-state index in [2.05, 4.69) is 5.32 Å². The molecular weight excluding hydrogens is 450 g/mol. The zero-order valence-corrected chi connectivity index (χ0v) is 21.8. The molecule has 3 N–H and O–H groups in total. The van der Waals surface area contributed by atoms with Crippen molar-refractivity contribution in [2.24, 2.45) is 5.92 Å². The zero-order valence-electron chi connectivity index (χ0n) is 21.8. The van der Waals surface area contributed by atoms with E-state index in [0.29, 0.717) is 19.5 Å². The van der Waals surface area contributed by atoms with Crippen LogP contribution in [0.2, 0.25) is 0 Å². The molecular formula is C26H41N3O6. The van der Waals surface area contributed by atoms with Gasteiger partial charge in [-0.15, -0.1) is 0 Å². The Morgan fingerprint density at radius 2 is 1.71 bits per heavy atom. The summed E-state index contributed by atoms with van der Waals surface area (Å²) in [5, 5.41) is 23.5. The number of hydrogen-bond donors (Lipinski definition) is 3. The van der Waals surface area contributed by atoms with E-state index < -0.39 is 41.3 Å². The van der Waals surface area contributed by atoms with E-state index in [0.717, 1.165) is 5.56 Å². The summed E-state index contributed by atoms with van der Waals surface area (Å²) in [6.45, 7) is 11.9. The summed E-state index contributed by atoms with van der Waals surface area (Å²) in [6.07, 6.45) is -1.06. The van der Waals surface area contributed by atoms with Gasteiger partial charge in [-0.05, 0) is 59.9 Å². The van der Waals surface area contributed by atoms with E-state index in [1.165, 1.54) is 4.90 Å². The van der Waals surface area contributed by atoms with E-state index >= 15 is 0 Å². The Labute approximate surface area is 208 Å². The Kier molecular flexibility index (Phi) is 9.68. The monoisotopic (exact) mass is 491 g/mol. The number of β-amino-alcohol motifs (C(OH)–C–C–N with tert-alkyl or cyclic N) is 1. The van der Waals surface area contributed by atoms with Crippen molar-refractivity contribution in [3.8, 4) is 0 Å². The first-order valence-electron chi connectivity index (χ1n) is 12.1. The summed E-state index contributed by atoms with van der Waals surface area (Å²) in [5.41, 5.74) is -0.238.